The second-order valence-electron chi connectivity index (χ2n) is 0.793. The Morgan fingerprint density at radius 1 is 1.50 bits per heavy atom. The summed E-state index contributed by atoms with van der Waals surface area (Å²) in [6.07, 6.45) is 0. The van der Waals surface area contributed by atoms with Crippen molar-refractivity contribution in [2.24, 2.45) is 0 Å². The van der Waals surface area contributed by atoms with Gasteiger partial charge in [-0.15, -0.1) is 0 Å². The Morgan fingerprint density at radius 2 is 1.50 bits per heavy atom. The van der Waals surface area contributed by atoms with E-state index < -0.39 is 13.4 Å². The number of hydrogen-bond donors (Lipinski definition) is 1. The van der Waals surface area contributed by atoms with E-state index in [1.54, 1.807) is 0 Å². The van der Waals surface area contributed by atoms with Crippen LogP contribution in [0.2, 0.25) is 0 Å². The van der Waals surface area contributed by atoms with Gasteiger partial charge in [-0.1, -0.05) is 0 Å². The molecule has 0 rings (SSSR count). The van der Waals surface area contributed by atoms with Crippen molar-refractivity contribution in [3.05, 3.63) is 0 Å². The van der Waals surface area contributed by atoms with Crippen LogP contribution >= 0.6 is 0 Å². The maximum absolute atomic E-state index is 9.89. The van der Waals surface area contributed by atoms with E-state index >= 15 is 0 Å². The normalized spacial score (nSPS) is 5.20. The first-order chi connectivity index (χ1) is 3.46. The van der Waals surface area contributed by atoms with E-state index in [9.17, 15) is 4.32 Å². The molecule has 4 nitrogen and oxygen atoms in total. The topological polar surface area (TPSA) is 83.4 Å². The molecule has 0 spiro atoms. The zero-order valence-corrected chi connectivity index (χ0v) is 10.1. The average molecular weight is 168 g/mol. The SMILES string of the molecule is CC(=O)O.[Na+].[Na+].[O-]B([O-])F. The van der Waals surface area contributed by atoms with Crippen LogP contribution < -0.4 is 69.2 Å². The summed E-state index contributed by atoms with van der Waals surface area (Å²) in [4.78, 5) is 9.00. The summed E-state index contributed by atoms with van der Waals surface area (Å²) in [5.41, 5.74) is 0. The third-order valence-electron chi connectivity index (χ3n) is 0. The first-order valence-electron chi connectivity index (χ1n) is 1.62. The number of carboxylic acid groups (broad SMARTS) is 1. The summed E-state index contributed by atoms with van der Waals surface area (Å²) in [6.45, 7) is 1.08. The van der Waals surface area contributed by atoms with Crippen LogP contribution in [0, 0.1) is 0 Å². The molecule has 48 valence electrons. The van der Waals surface area contributed by atoms with Gasteiger partial charge in [-0.05, 0) is 0 Å². The summed E-state index contributed by atoms with van der Waals surface area (Å²) in [6, 6.07) is 0. The molecule has 0 aromatic carbocycles. The Labute approximate surface area is 103 Å². The van der Waals surface area contributed by atoms with Gasteiger partial charge in [0.05, 0.1) is 0 Å². The monoisotopic (exact) mass is 168 g/mol. The van der Waals surface area contributed by atoms with Gasteiger partial charge in [-0.25, -0.2) is 0 Å². The Balaban J connectivity index is -0.0000000300. The van der Waals surface area contributed by atoms with Crippen molar-refractivity contribution in [1.29, 1.82) is 0 Å². The van der Waals surface area contributed by atoms with Crippen molar-refractivity contribution >= 4 is 13.4 Å². The van der Waals surface area contributed by atoms with Gasteiger partial charge in [-0.2, -0.15) is 0 Å². The largest absolute Gasteiger partial charge is 1.00 e. The zero-order chi connectivity index (χ0) is 7.15. The molecule has 0 saturated heterocycles. The van der Waals surface area contributed by atoms with Gasteiger partial charge in [0.15, 0.2) is 0 Å². The maximum Gasteiger partial charge on any atom is 1.00 e. The van der Waals surface area contributed by atoms with E-state index in [4.69, 9.17) is 19.9 Å². The van der Waals surface area contributed by atoms with Crippen molar-refractivity contribution in [3.8, 4) is 0 Å². The van der Waals surface area contributed by atoms with E-state index in [2.05, 4.69) is 0 Å². The van der Waals surface area contributed by atoms with Crippen LogP contribution in [0.15, 0.2) is 0 Å². The molecule has 10 heavy (non-hydrogen) atoms. The Bertz CT molecular complexity index is 65.5. The molecule has 0 saturated carbocycles. The molecule has 0 bridgehead atoms. The quantitative estimate of drug-likeness (QED) is 0.364. The molecule has 1 N–H and O–H groups in total. The second kappa shape index (κ2) is 16.8. The zero-order valence-electron chi connectivity index (χ0n) is 6.13. The van der Waals surface area contributed by atoms with Gasteiger partial charge in [-0.3, -0.25) is 4.79 Å². The van der Waals surface area contributed by atoms with E-state index in [1.807, 2.05) is 0 Å². The first kappa shape index (κ1) is 22.5. The number of aliphatic carboxylic acids is 1. The molecule has 0 aliphatic rings. The number of halogens is 1. The fourth-order valence-corrected chi connectivity index (χ4v) is 0. The number of carbonyl (C=O) groups is 1. The predicted molar refractivity (Wildman–Crippen MR) is 20.2 cm³/mol. The van der Waals surface area contributed by atoms with E-state index in [0.29, 0.717) is 0 Å². The molecule has 0 heterocycles. The molecule has 0 unspecified atom stereocenters. The fraction of sp³-hybridized carbons (Fsp3) is 0.500. The second-order valence-corrected chi connectivity index (χ2v) is 0.793. The minimum Gasteiger partial charge on any atom is -0.867 e. The van der Waals surface area contributed by atoms with Crippen LogP contribution in [0.1, 0.15) is 6.92 Å². The summed E-state index contributed by atoms with van der Waals surface area (Å²) in [5.74, 6) is -0.833. The molecular weight excluding hydrogens is 164 g/mol. The van der Waals surface area contributed by atoms with E-state index in [1.165, 1.54) is 0 Å². The standard InChI is InChI=1S/C2H4O2.BFO2.2Na/c1-2(3)4;2-1(3)4;;/h1H3,(H,3,4);;;/q;-2;2*+1. The minimum absolute atomic E-state index is 0. The Kier molecular flexibility index (Phi) is 37.8. The first-order valence-corrected chi connectivity index (χ1v) is 1.62. The average Bonchev–Trinajstić information content (AvgIpc) is 1.25. The van der Waals surface area contributed by atoms with Crippen molar-refractivity contribution in [2.45, 2.75) is 6.92 Å². The molecular formula is C2H4BFNa2O4. The summed E-state index contributed by atoms with van der Waals surface area (Å²) < 4.78 is 9.89. The van der Waals surface area contributed by atoms with Crippen LogP contribution in [0.4, 0.5) is 4.32 Å². The van der Waals surface area contributed by atoms with Gasteiger partial charge in [0.1, 0.15) is 7.40 Å². The van der Waals surface area contributed by atoms with Crippen molar-refractivity contribution in [1.82, 2.24) is 0 Å². The minimum atomic E-state index is -3.17. The van der Waals surface area contributed by atoms with Gasteiger partial charge < -0.3 is 19.5 Å². The van der Waals surface area contributed by atoms with Crippen LogP contribution in [0.25, 0.3) is 0 Å². The molecule has 0 aromatic rings. The van der Waals surface area contributed by atoms with Gasteiger partial charge in [0, 0.05) is 6.92 Å². The summed E-state index contributed by atoms with van der Waals surface area (Å²) in [7, 11) is -3.17. The van der Waals surface area contributed by atoms with Gasteiger partial charge in [0.2, 0.25) is 0 Å². The van der Waals surface area contributed by atoms with Crippen molar-refractivity contribution < 1.29 is 83.4 Å². The molecule has 0 amide bonds. The molecule has 0 fully saturated rings. The molecule has 0 atom stereocenters. The maximum atomic E-state index is 9.89. The van der Waals surface area contributed by atoms with Crippen molar-refractivity contribution in [3.63, 3.8) is 0 Å². The molecule has 0 aliphatic carbocycles. The number of rotatable bonds is 0. The summed E-state index contributed by atoms with van der Waals surface area (Å²) >= 11 is 0. The molecule has 0 aromatic heterocycles. The fourth-order valence-electron chi connectivity index (χ4n) is 0. The molecule has 0 aliphatic heterocycles. The van der Waals surface area contributed by atoms with Gasteiger partial charge >= 0.3 is 59.1 Å². The third-order valence-corrected chi connectivity index (χ3v) is 0. The van der Waals surface area contributed by atoms with Crippen LogP contribution in [0.3, 0.4) is 0 Å². The Morgan fingerprint density at radius 3 is 1.50 bits per heavy atom. The van der Waals surface area contributed by atoms with Crippen LogP contribution in [-0.2, 0) is 4.79 Å². The van der Waals surface area contributed by atoms with E-state index in [-0.39, 0.29) is 59.1 Å². The predicted octanol–water partition coefficient (Wildman–Crippen LogP) is -8.24. The molecule has 0 radical (unpaired) electrons. The number of hydrogen-bond acceptors (Lipinski definition) is 3. The Hall–Kier alpha value is 1.38. The summed E-state index contributed by atoms with van der Waals surface area (Å²) in [5, 5.41) is 24.0. The van der Waals surface area contributed by atoms with E-state index in [0.717, 1.165) is 6.92 Å². The van der Waals surface area contributed by atoms with Crippen LogP contribution in [-0.4, -0.2) is 18.5 Å². The number of carboxylic acids is 1. The van der Waals surface area contributed by atoms with Crippen molar-refractivity contribution in [2.75, 3.05) is 0 Å². The smallest absolute Gasteiger partial charge is 0.867 e. The van der Waals surface area contributed by atoms with Crippen LogP contribution in [0.5, 0.6) is 0 Å². The molecule has 8 heteroatoms. The van der Waals surface area contributed by atoms with Gasteiger partial charge in [0.25, 0.3) is 5.97 Å². The third kappa shape index (κ3) is 344.